The van der Waals surface area contributed by atoms with Gasteiger partial charge >= 0.3 is 0 Å². The quantitative estimate of drug-likeness (QED) is 0.386. The molecule has 1 unspecified atom stereocenters. The van der Waals surface area contributed by atoms with Crippen LogP contribution in [0.2, 0.25) is 5.02 Å². The third kappa shape index (κ3) is 6.10. The van der Waals surface area contributed by atoms with Crippen LogP contribution in [0.3, 0.4) is 0 Å². The Hall–Kier alpha value is -3.96. The maximum Gasteiger partial charge on any atom is 0.255 e. The number of hydrogen-bond acceptors (Lipinski definition) is 7. The van der Waals surface area contributed by atoms with E-state index in [1.54, 1.807) is 24.3 Å². The molecule has 208 valence electrons. The highest BCUT2D eigenvalue weighted by Crippen LogP contribution is 2.33. The van der Waals surface area contributed by atoms with Crippen molar-refractivity contribution in [2.75, 3.05) is 34.9 Å². The largest absolute Gasteiger partial charge is 0.355 e. The lowest BCUT2D eigenvalue weighted by Crippen LogP contribution is -2.38. The van der Waals surface area contributed by atoms with Crippen LogP contribution in [-0.2, 0) is 19.4 Å². The van der Waals surface area contributed by atoms with E-state index >= 15 is 0 Å². The Balaban J connectivity index is 1.25. The fourth-order valence-corrected chi connectivity index (χ4v) is 5.76. The minimum absolute atomic E-state index is 0.0123. The summed E-state index contributed by atoms with van der Waals surface area (Å²) in [6.07, 6.45) is 4.00. The molecule has 1 aromatic heterocycles. The number of amides is 3. The fraction of sp³-hybridized carbons (Fsp3) is 0.286. The molecule has 0 aliphatic carbocycles. The van der Waals surface area contributed by atoms with Crippen molar-refractivity contribution in [3.63, 3.8) is 0 Å². The number of nitrogens with zero attached hydrogens (tertiary/aromatic N) is 2. The number of benzene rings is 2. The van der Waals surface area contributed by atoms with Crippen molar-refractivity contribution in [2.24, 2.45) is 5.92 Å². The van der Waals surface area contributed by atoms with Crippen LogP contribution in [0, 0.1) is 5.92 Å². The number of carbonyl (C=O) groups excluding carboxylic acids is 3. The predicted molar refractivity (Wildman–Crippen MR) is 152 cm³/mol. The average molecular weight is 582 g/mol. The number of anilines is 3. The van der Waals surface area contributed by atoms with E-state index < -0.39 is 21.8 Å². The van der Waals surface area contributed by atoms with Gasteiger partial charge in [0.25, 0.3) is 11.8 Å². The highest BCUT2D eigenvalue weighted by atomic mass is 35.5. The first-order chi connectivity index (χ1) is 19.1. The molecule has 0 saturated carbocycles. The second-order valence-electron chi connectivity index (χ2n) is 9.99. The third-order valence-corrected chi connectivity index (χ3v) is 8.40. The maximum absolute atomic E-state index is 12.9. The van der Waals surface area contributed by atoms with E-state index in [0.717, 1.165) is 11.8 Å². The van der Waals surface area contributed by atoms with Crippen LogP contribution in [0.5, 0.6) is 0 Å². The molecule has 1 saturated heterocycles. The van der Waals surface area contributed by atoms with Gasteiger partial charge in [0.1, 0.15) is 6.04 Å². The molecule has 2 aliphatic heterocycles. The first kappa shape index (κ1) is 27.6. The van der Waals surface area contributed by atoms with Crippen LogP contribution in [0.4, 0.5) is 17.2 Å². The van der Waals surface area contributed by atoms with Crippen molar-refractivity contribution >= 4 is 56.4 Å². The van der Waals surface area contributed by atoms with E-state index in [0.29, 0.717) is 48.0 Å². The van der Waals surface area contributed by atoms with Gasteiger partial charge in [-0.05, 0) is 49.1 Å². The summed E-state index contributed by atoms with van der Waals surface area (Å²) in [5.41, 5.74) is 2.06. The van der Waals surface area contributed by atoms with Crippen LogP contribution in [-0.4, -0.2) is 50.5 Å². The molecule has 0 bridgehead atoms. The highest BCUT2D eigenvalue weighted by molar-refractivity contribution is 7.90. The number of sulfone groups is 1. The summed E-state index contributed by atoms with van der Waals surface area (Å²) in [6, 6.07) is 14.4. The molecule has 0 spiro atoms. The molecule has 2 aromatic carbocycles. The Morgan fingerprint density at radius 2 is 1.85 bits per heavy atom. The number of piperidine rings is 1. The lowest BCUT2D eigenvalue weighted by atomic mass is 9.93. The zero-order valence-corrected chi connectivity index (χ0v) is 23.3. The zero-order valence-electron chi connectivity index (χ0n) is 21.7. The SMILES string of the molecule is CS(=O)(=O)c1cnc(N2CCC(CC(=O)NC3C(=O)Nc4ccccc43)CC2)c(NC(=O)c2cccc(Cl)c2)c1. The third-order valence-electron chi connectivity index (χ3n) is 7.09. The van der Waals surface area contributed by atoms with Gasteiger partial charge in [0, 0.05) is 53.8 Å². The zero-order chi connectivity index (χ0) is 28.4. The molecular weight excluding hydrogens is 554 g/mol. The number of halogens is 1. The van der Waals surface area contributed by atoms with Crippen LogP contribution < -0.4 is 20.9 Å². The van der Waals surface area contributed by atoms with Crippen molar-refractivity contribution in [3.8, 4) is 0 Å². The molecule has 12 heteroatoms. The summed E-state index contributed by atoms with van der Waals surface area (Å²) in [6.45, 7) is 1.10. The van der Waals surface area contributed by atoms with Gasteiger partial charge in [-0.3, -0.25) is 14.4 Å². The van der Waals surface area contributed by atoms with Gasteiger partial charge in [0.05, 0.1) is 10.6 Å². The number of hydrogen-bond donors (Lipinski definition) is 3. The van der Waals surface area contributed by atoms with Crippen molar-refractivity contribution in [3.05, 3.63) is 76.9 Å². The van der Waals surface area contributed by atoms with Gasteiger partial charge in [0.15, 0.2) is 15.7 Å². The lowest BCUT2D eigenvalue weighted by Gasteiger charge is -2.33. The van der Waals surface area contributed by atoms with Crippen molar-refractivity contribution < 1.29 is 22.8 Å². The second-order valence-corrected chi connectivity index (χ2v) is 12.4. The van der Waals surface area contributed by atoms with Crippen molar-refractivity contribution in [1.29, 1.82) is 0 Å². The number of carbonyl (C=O) groups is 3. The molecule has 40 heavy (non-hydrogen) atoms. The average Bonchev–Trinajstić information content (AvgIpc) is 3.23. The Kier molecular flexibility index (Phi) is 7.77. The van der Waals surface area contributed by atoms with Crippen LogP contribution in [0.25, 0.3) is 0 Å². The highest BCUT2D eigenvalue weighted by Gasteiger charge is 2.32. The standard InChI is InChI=1S/C28H28ClN5O5S/c1-40(38,39)20-15-23(32-27(36)18-5-4-6-19(29)14-18)26(30-16-20)34-11-9-17(10-12-34)13-24(35)33-25-21-7-2-3-8-22(21)31-28(25)37/h2-8,14-17,25H,9-13H2,1H3,(H,31,37)(H,32,36)(H,33,35). The number of pyridine rings is 1. The number of para-hydroxylation sites is 1. The summed E-state index contributed by atoms with van der Waals surface area (Å²) in [5, 5.41) is 8.83. The van der Waals surface area contributed by atoms with Gasteiger partial charge < -0.3 is 20.9 Å². The Bertz CT molecular complexity index is 1590. The minimum Gasteiger partial charge on any atom is -0.355 e. The summed E-state index contributed by atoms with van der Waals surface area (Å²) in [4.78, 5) is 44.4. The van der Waals surface area contributed by atoms with Gasteiger partial charge in [-0.2, -0.15) is 0 Å². The summed E-state index contributed by atoms with van der Waals surface area (Å²) in [7, 11) is -3.56. The Morgan fingerprint density at radius 3 is 2.58 bits per heavy atom. The fourth-order valence-electron chi connectivity index (χ4n) is 4.99. The van der Waals surface area contributed by atoms with E-state index in [1.807, 2.05) is 23.1 Å². The molecule has 1 atom stereocenters. The molecule has 3 heterocycles. The van der Waals surface area contributed by atoms with Crippen molar-refractivity contribution in [1.82, 2.24) is 10.3 Å². The first-order valence-electron chi connectivity index (χ1n) is 12.8. The normalized spacial score (nSPS) is 17.2. The number of rotatable bonds is 7. The van der Waals surface area contributed by atoms with Gasteiger partial charge in [-0.25, -0.2) is 13.4 Å². The molecule has 10 nitrogen and oxygen atoms in total. The van der Waals surface area contributed by atoms with Gasteiger partial charge in [-0.1, -0.05) is 35.9 Å². The summed E-state index contributed by atoms with van der Waals surface area (Å²) in [5.74, 6) is -0.346. The van der Waals surface area contributed by atoms with Gasteiger partial charge in [0.2, 0.25) is 5.91 Å². The molecule has 1 fully saturated rings. The Morgan fingerprint density at radius 1 is 1.10 bits per heavy atom. The van der Waals surface area contributed by atoms with E-state index in [4.69, 9.17) is 11.6 Å². The van der Waals surface area contributed by atoms with Crippen LogP contribution in [0.1, 0.15) is 41.2 Å². The van der Waals surface area contributed by atoms with E-state index in [-0.39, 0.29) is 34.7 Å². The van der Waals surface area contributed by atoms with Crippen molar-refractivity contribution in [2.45, 2.75) is 30.2 Å². The minimum atomic E-state index is -3.56. The maximum atomic E-state index is 12.9. The topological polar surface area (TPSA) is 138 Å². The van der Waals surface area contributed by atoms with E-state index in [9.17, 15) is 22.8 Å². The van der Waals surface area contributed by atoms with Crippen LogP contribution >= 0.6 is 11.6 Å². The summed E-state index contributed by atoms with van der Waals surface area (Å²) >= 11 is 6.03. The first-order valence-corrected chi connectivity index (χ1v) is 15.1. The Labute approximate surface area is 237 Å². The van der Waals surface area contributed by atoms with Gasteiger partial charge in [-0.15, -0.1) is 0 Å². The number of fused-ring (bicyclic) bond motifs is 1. The number of nitrogens with one attached hydrogen (secondary N) is 3. The van der Waals surface area contributed by atoms with E-state index in [2.05, 4.69) is 20.9 Å². The second kappa shape index (κ2) is 11.3. The van der Waals surface area contributed by atoms with Crippen LogP contribution in [0.15, 0.2) is 65.7 Å². The molecule has 3 aromatic rings. The molecular formula is C28H28ClN5O5S. The predicted octanol–water partition coefficient (Wildman–Crippen LogP) is 3.81. The molecule has 3 amide bonds. The van der Waals surface area contributed by atoms with E-state index in [1.165, 1.54) is 18.3 Å². The number of aromatic nitrogens is 1. The molecule has 3 N–H and O–H groups in total. The monoisotopic (exact) mass is 581 g/mol. The smallest absolute Gasteiger partial charge is 0.255 e. The lowest BCUT2D eigenvalue weighted by molar-refractivity contribution is -0.127. The summed E-state index contributed by atoms with van der Waals surface area (Å²) < 4.78 is 24.4. The molecule has 5 rings (SSSR count). The molecule has 2 aliphatic rings. The molecule has 0 radical (unpaired) electrons.